The number of carbonyl (C=O) groups is 1. The van der Waals surface area contributed by atoms with Crippen LogP contribution in [0, 0.1) is 10.1 Å². The summed E-state index contributed by atoms with van der Waals surface area (Å²) < 4.78 is 10.9. The minimum atomic E-state index is -1.34. The Labute approximate surface area is 141 Å². The fourth-order valence-electron chi connectivity index (χ4n) is 2.94. The summed E-state index contributed by atoms with van der Waals surface area (Å²) in [6, 6.07) is 6.15. The first-order valence-corrected chi connectivity index (χ1v) is 8.18. The van der Waals surface area contributed by atoms with Crippen LogP contribution in [0.5, 0.6) is 5.75 Å². The van der Waals surface area contributed by atoms with Gasteiger partial charge in [0.1, 0.15) is 0 Å². The van der Waals surface area contributed by atoms with Crippen molar-refractivity contribution in [2.45, 2.75) is 50.7 Å². The third-order valence-electron chi connectivity index (χ3n) is 4.24. The van der Waals surface area contributed by atoms with E-state index in [0.717, 1.165) is 25.7 Å². The molecule has 0 saturated heterocycles. The van der Waals surface area contributed by atoms with E-state index in [0.29, 0.717) is 0 Å². The summed E-state index contributed by atoms with van der Waals surface area (Å²) in [5.74, 6) is -0.254. The molecule has 2 rings (SSSR count). The SMILES string of the molecule is COCC(C)(Oc1ccccc1[N+](=O)[O-])C(=O)NC1CCCCC1. The Morgan fingerprint density at radius 1 is 1.33 bits per heavy atom. The number of nitrogens with one attached hydrogen (secondary N) is 1. The highest BCUT2D eigenvalue weighted by molar-refractivity contribution is 5.85. The first-order valence-electron chi connectivity index (χ1n) is 8.18. The van der Waals surface area contributed by atoms with Gasteiger partial charge in [0, 0.05) is 19.2 Å². The maximum Gasteiger partial charge on any atom is 0.310 e. The van der Waals surface area contributed by atoms with Gasteiger partial charge in [-0.05, 0) is 25.8 Å². The highest BCUT2D eigenvalue weighted by Crippen LogP contribution is 2.30. The molecule has 1 aromatic carbocycles. The average molecular weight is 336 g/mol. The number of methoxy groups -OCH3 is 1. The molecule has 132 valence electrons. The van der Waals surface area contributed by atoms with Crippen molar-refractivity contribution >= 4 is 11.6 Å². The van der Waals surface area contributed by atoms with Crippen molar-refractivity contribution in [1.29, 1.82) is 0 Å². The predicted molar refractivity (Wildman–Crippen MR) is 89.0 cm³/mol. The van der Waals surface area contributed by atoms with E-state index in [-0.39, 0.29) is 30.0 Å². The largest absolute Gasteiger partial charge is 0.468 e. The Balaban J connectivity index is 2.17. The molecule has 24 heavy (non-hydrogen) atoms. The number of benzene rings is 1. The fourth-order valence-corrected chi connectivity index (χ4v) is 2.94. The molecule has 0 bridgehead atoms. The quantitative estimate of drug-likeness (QED) is 0.611. The summed E-state index contributed by atoms with van der Waals surface area (Å²) in [6.07, 6.45) is 5.27. The molecule has 1 unspecified atom stereocenters. The Morgan fingerprint density at radius 3 is 2.62 bits per heavy atom. The van der Waals surface area contributed by atoms with E-state index < -0.39 is 10.5 Å². The lowest BCUT2D eigenvalue weighted by atomic mass is 9.94. The maximum absolute atomic E-state index is 12.7. The molecule has 7 heteroatoms. The van der Waals surface area contributed by atoms with Crippen LogP contribution in [-0.4, -0.2) is 36.2 Å². The number of rotatable bonds is 7. The average Bonchev–Trinajstić information content (AvgIpc) is 2.56. The molecule has 7 nitrogen and oxygen atoms in total. The lowest BCUT2D eigenvalue weighted by molar-refractivity contribution is -0.386. The van der Waals surface area contributed by atoms with Crippen LogP contribution in [0.2, 0.25) is 0 Å². The molecule has 0 radical (unpaired) electrons. The zero-order chi connectivity index (χ0) is 17.6. The van der Waals surface area contributed by atoms with E-state index in [1.165, 1.54) is 25.7 Å². The van der Waals surface area contributed by atoms with Crippen molar-refractivity contribution in [1.82, 2.24) is 5.32 Å². The van der Waals surface area contributed by atoms with Gasteiger partial charge in [-0.15, -0.1) is 0 Å². The minimum Gasteiger partial charge on any atom is -0.468 e. The Bertz CT molecular complexity index is 586. The molecule has 1 aliphatic carbocycles. The number of para-hydroxylation sites is 2. The number of nitro groups is 1. The van der Waals surface area contributed by atoms with Crippen molar-refractivity contribution in [2.24, 2.45) is 0 Å². The van der Waals surface area contributed by atoms with Gasteiger partial charge in [0.25, 0.3) is 5.91 Å². The van der Waals surface area contributed by atoms with Crippen LogP contribution >= 0.6 is 0 Å². The van der Waals surface area contributed by atoms with E-state index in [1.54, 1.807) is 19.1 Å². The first kappa shape index (κ1) is 18.2. The van der Waals surface area contributed by atoms with Crippen LogP contribution in [0.1, 0.15) is 39.0 Å². The van der Waals surface area contributed by atoms with Gasteiger partial charge in [0.2, 0.25) is 5.60 Å². The molecular formula is C17H24N2O5. The van der Waals surface area contributed by atoms with Crippen molar-refractivity contribution < 1.29 is 19.2 Å². The molecule has 1 amide bonds. The van der Waals surface area contributed by atoms with E-state index in [2.05, 4.69) is 5.32 Å². The van der Waals surface area contributed by atoms with Gasteiger partial charge >= 0.3 is 5.69 Å². The van der Waals surface area contributed by atoms with Gasteiger partial charge in [0.05, 0.1) is 11.5 Å². The van der Waals surface area contributed by atoms with Crippen molar-refractivity contribution in [2.75, 3.05) is 13.7 Å². The van der Waals surface area contributed by atoms with Gasteiger partial charge in [-0.3, -0.25) is 14.9 Å². The number of carbonyl (C=O) groups excluding carboxylic acids is 1. The number of hydrogen-bond donors (Lipinski definition) is 1. The topological polar surface area (TPSA) is 90.7 Å². The second-order valence-corrected chi connectivity index (χ2v) is 6.30. The van der Waals surface area contributed by atoms with Gasteiger partial charge < -0.3 is 14.8 Å². The molecule has 1 saturated carbocycles. The van der Waals surface area contributed by atoms with Gasteiger partial charge in [-0.1, -0.05) is 31.4 Å². The summed E-state index contributed by atoms with van der Waals surface area (Å²) >= 11 is 0. The summed E-state index contributed by atoms with van der Waals surface area (Å²) in [5, 5.41) is 14.1. The molecule has 1 aromatic rings. The first-order chi connectivity index (χ1) is 11.5. The van der Waals surface area contributed by atoms with E-state index in [1.807, 2.05) is 0 Å². The minimum absolute atomic E-state index is 0.00238. The zero-order valence-electron chi connectivity index (χ0n) is 14.1. The van der Waals surface area contributed by atoms with Crippen LogP contribution in [0.15, 0.2) is 24.3 Å². The van der Waals surface area contributed by atoms with Gasteiger partial charge in [-0.25, -0.2) is 0 Å². The summed E-state index contributed by atoms with van der Waals surface area (Å²) in [6.45, 7) is 1.59. The zero-order valence-corrected chi connectivity index (χ0v) is 14.1. The van der Waals surface area contributed by atoms with Crippen LogP contribution in [0.25, 0.3) is 0 Å². The van der Waals surface area contributed by atoms with Crippen LogP contribution in [-0.2, 0) is 9.53 Å². The summed E-state index contributed by atoms with van der Waals surface area (Å²) in [5.41, 5.74) is -1.51. The molecule has 1 atom stereocenters. The van der Waals surface area contributed by atoms with E-state index in [4.69, 9.17) is 9.47 Å². The molecule has 0 aliphatic heterocycles. The molecular weight excluding hydrogens is 312 g/mol. The molecule has 0 heterocycles. The van der Waals surface area contributed by atoms with Gasteiger partial charge in [-0.2, -0.15) is 0 Å². The standard InChI is InChI=1S/C17H24N2O5/c1-17(12-23-2,16(20)18-13-8-4-3-5-9-13)24-15-11-7-6-10-14(15)19(21)22/h6-7,10-11,13H,3-5,8-9,12H2,1-2H3,(H,18,20). The maximum atomic E-state index is 12.7. The van der Waals surface area contributed by atoms with Crippen molar-refractivity contribution in [3.05, 3.63) is 34.4 Å². The van der Waals surface area contributed by atoms with Crippen molar-refractivity contribution in [3.8, 4) is 5.75 Å². The smallest absolute Gasteiger partial charge is 0.310 e. The van der Waals surface area contributed by atoms with Crippen LogP contribution < -0.4 is 10.1 Å². The van der Waals surface area contributed by atoms with E-state index in [9.17, 15) is 14.9 Å². The van der Waals surface area contributed by atoms with Crippen LogP contribution in [0.4, 0.5) is 5.69 Å². The molecule has 1 aliphatic rings. The Kier molecular flexibility index (Phi) is 6.14. The molecule has 0 aromatic heterocycles. The highest BCUT2D eigenvalue weighted by atomic mass is 16.6. The summed E-state index contributed by atoms with van der Waals surface area (Å²) in [4.78, 5) is 23.3. The van der Waals surface area contributed by atoms with Crippen molar-refractivity contribution in [3.63, 3.8) is 0 Å². The predicted octanol–water partition coefficient (Wildman–Crippen LogP) is 2.83. The molecule has 0 spiro atoms. The monoisotopic (exact) mass is 336 g/mol. The number of nitro benzene ring substituents is 1. The number of ether oxygens (including phenoxy) is 2. The number of hydrogen-bond acceptors (Lipinski definition) is 5. The van der Waals surface area contributed by atoms with E-state index >= 15 is 0 Å². The van der Waals surface area contributed by atoms with Crippen LogP contribution in [0.3, 0.4) is 0 Å². The normalized spacial score (nSPS) is 17.8. The third kappa shape index (κ3) is 4.44. The lowest BCUT2D eigenvalue weighted by Crippen LogP contribution is -2.54. The Hall–Kier alpha value is -2.15. The lowest BCUT2D eigenvalue weighted by Gasteiger charge is -2.31. The molecule has 1 fully saturated rings. The molecule has 1 N–H and O–H groups in total. The van der Waals surface area contributed by atoms with Gasteiger partial charge in [0.15, 0.2) is 5.75 Å². The Morgan fingerprint density at radius 2 is 2.00 bits per heavy atom. The number of nitrogens with zero attached hydrogens (tertiary/aromatic N) is 1. The second kappa shape index (κ2) is 8.10. The second-order valence-electron chi connectivity index (χ2n) is 6.30. The number of amides is 1. The highest BCUT2D eigenvalue weighted by Gasteiger charge is 2.38. The fraction of sp³-hybridized carbons (Fsp3) is 0.588. The third-order valence-corrected chi connectivity index (χ3v) is 4.24. The summed E-state index contributed by atoms with van der Waals surface area (Å²) in [7, 11) is 1.47.